The fraction of sp³-hybridized carbons (Fsp3) is 0.286. The lowest BCUT2D eigenvalue weighted by molar-refractivity contribution is -0.145. The normalized spacial score (nSPS) is 10.7. The highest BCUT2D eigenvalue weighted by molar-refractivity contribution is 5.76. The van der Waals surface area contributed by atoms with E-state index in [-0.39, 0.29) is 31.2 Å². The molecule has 0 N–H and O–H groups in total. The fourth-order valence-electron chi connectivity index (χ4n) is 3.04. The summed E-state index contributed by atoms with van der Waals surface area (Å²) in [7, 11) is 0. The van der Waals surface area contributed by atoms with Crippen molar-refractivity contribution in [2.75, 3.05) is 0 Å². The fourth-order valence-corrected chi connectivity index (χ4v) is 3.04. The average molecular weight is 363 g/mol. The molecule has 0 atom stereocenters. The number of nitriles is 1. The quantitative estimate of drug-likeness (QED) is 0.604. The number of imidazole rings is 1. The van der Waals surface area contributed by atoms with Crippen molar-refractivity contribution in [3.63, 3.8) is 0 Å². The zero-order valence-electron chi connectivity index (χ0n) is 15.2. The topological polar surface area (TPSA) is 77.0 Å². The minimum atomic E-state index is -0.362. The molecule has 0 aliphatic carbocycles. The molecule has 27 heavy (non-hydrogen) atoms. The molecule has 1 heterocycles. The molecule has 0 aliphatic rings. The van der Waals surface area contributed by atoms with E-state index in [0.717, 1.165) is 23.0 Å². The van der Waals surface area contributed by atoms with Gasteiger partial charge in [0.2, 0.25) is 0 Å². The molecule has 0 amide bonds. The number of benzene rings is 2. The van der Waals surface area contributed by atoms with Crippen molar-refractivity contribution in [1.82, 2.24) is 9.13 Å². The summed E-state index contributed by atoms with van der Waals surface area (Å²) in [6.07, 6.45) is 0.983. The molecule has 0 aliphatic heterocycles. The van der Waals surface area contributed by atoms with Crippen molar-refractivity contribution in [2.24, 2.45) is 0 Å². The summed E-state index contributed by atoms with van der Waals surface area (Å²) in [5, 5.41) is 8.79. The number of para-hydroxylation sites is 2. The molecule has 6 heteroatoms. The van der Waals surface area contributed by atoms with Crippen LogP contribution >= 0.6 is 0 Å². The first-order chi connectivity index (χ1) is 13.1. The van der Waals surface area contributed by atoms with Gasteiger partial charge >= 0.3 is 11.7 Å². The summed E-state index contributed by atoms with van der Waals surface area (Å²) in [5.74, 6) is -0.362. The number of carbonyl (C=O) groups is 1. The van der Waals surface area contributed by atoms with Gasteiger partial charge in [-0.05, 0) is 36.2 Å². The second-order valence-corrected chi connectivity index (χ2v) is 6.29. The maximum absolute atomic E-state index is 12.7. The standard InChI is InChI=1S/C21H21N3O3/c1-2-12-23-18-5-3-4-6-19(18)24(21(23)26)13-11-20(25)27-15-17-9-7-16(14-22)8-10-17/h3-10H,2,11-13,15H2,1H3. The van der Waals surface area contributed by atoms with E-state index in [1.165, 1.54) is 0 Å². The Bertz CT molecular complexity index is 1040. The van der Waals surface area contributed by atoms with E-state index >= 15 is 0 Å². The molecule has 1 aromatic heterocycles. The summed E-state index contributed by atoms with van der Waals surface area (Å²) in [4.78, 5) is 24.8. The van der Waals surface area contributed by atoms with Crippen molar-refractivity contribution in [3.8, 4) is 6.07 Å². The van der Waals surface area contributed by atoms with E-state index in [9.17, 15) is 9.59 Å². The van der Waals surface area contributed by atoms with Crippen molar-refractivity contribution >= 4 is 17.0 Å². The van der Waals surface area contributed by atoms with Crippen molar-refractivity contribution in [3.05, 3.63) is 70.1 Å². The molecule has 0 saturated carbocycles. The van der Waals surface area contributed by atoms with Gasteiger partial charge in [-0.3, -0.25) is 13.9 Å². The summed E-state index contributed by atoms with van der Waals surface area (Å²) in [6, 6.07) is 16.5. The van der Waals surface area contributed by atoms with Crippen molar-refractivity contribution < 1.29 is 9.53 Å². The van der Waals surface area contributed by atoms with Gasteiger partial charge < -0.3 is 4.74 Å². The van der Waals surface area contributed by atoms with Crippen LogP contribution in [0.2, 0.25) is 0 Å². The molecular weight excluding hydrogens is 342 g/mol. The third-order valence-electron chi connectivity index (χ3n) is 4.39. The van der Waals surface area contributed by atoms with Crippen LogP contribution in [0.4, 0.5) is 0 Å². The van der Waals surface area contributed by atoms with Gasteiger partial charge in [0.05, 0.1) is 29.1 Å². The first kappa shape index (κ1) is 18.5. The van der Waals surface area contributed by atoms with Gasteiger partial charge in [0.15, 0.2) is 0 Å². The van der Waals surface area contributed by atoms with Crippen molar-refractivity contribution in [2.45, 2.75) is 39.5 Å². The van der Waals surface area contributed by atoms with E-state index in [1.54, 1.807) is 33.4 Å². The number of aromatic nitrogens is 2. The number of fused-ring (bicyclic) bond motifs is 1. The minimum absolute atomic E-state index is 0.0991. The van der Waals surface area contributed by atoms with E-state index in [4.69, 9.17) is 10.00 Å². The lowest BCUT2D eigenvalue weighted by Gasteiger charge is -2.06. The van der Waals surface area contributed by atoms with E-state index in [0.29, 0.717) is 12.1 Å². The van der Waals surface area contributed by atoms with E-state index in [1.807, 2.05) is 37.3 Å². The molecule has 0 radical (unpaired) electrons. The van der Waals surface area contributed by atoms with Crippen molar-refractivity contribution in [1.29, 1.82) is 5.26 Å². The van der Waals surface area contributed by atoms with Crippen LogP contribution in [-0.2, 0) is 29.2 Å². The van der Waals surface area contributed by atoms with Crippen LogP contribution in [0.5, 0.6) is 0 Å². The first-order valence-corrected chi connectivity index (χ1v) is 8.96. The lowest BCUT2D eigenvalue weighted by Crippen LogP contribution is -2.25. The Morgan fingerprint density at radius 1 is 1.04 bits per heavy atom. The van der Waals surface area contributed by atoms with E-state index in [2.05, 4.69) is 0 Å². The second-order valence-electron chi connectivity index (χ2n) is 6.29. The van der Waals surface area contributed by atoms with Gasteiger partial charge in [-0.2, -0.15) is 5.26 Å². The molecule has 6 nitrogen and oxygen atoms in total. The number of carbonyl (C=O) groups excluding carboxylic acids is 1. The molecule has 0 spiro atoms. The number of hydrogen-bond donors (Lipinski definition) is 0. The number of aryl methyl sites for hydroxylation is 2. The molecule has 138 valence electrons. The summed E-state index contributed by atoms with van der Waals surface area (Å²) >= 11 is 0. The summed E-state index contributed by atoms with van der Waals surface area (Å²) in [6.45, 7) is 3.11. The molecule has 0 saturated heterocycles. The Hall–Kier alpha value is -3.33. The van der Waals surface area contributed by atoms with Crippen LogP contribution in [0.1, 0.15) is 30.9 Å². The number of hydrogen-bond acceptors (Lipinski definition) is 4. The van der Waals surface area contributed by atoms with Gasteiger partial charge in [0, 0.05) is 13.1 Å². The zero-order valence-corrected chi connectivity index (χ0v) is 15.2. The zero-order chi connectivity index (χ0) is 19.2. The number of esters is 1. The summed E-state index contributed by atoms with van der Waals surface area (Å²) < 4.78 is 8.67. The maximum Gasteiger partial charge on any atom is 0.329 e. The SMILES string of the molecule is CCCn1c(=O)n(CCC(=O)OCc2ccc(C#N)cc2)c2ccccc21. The predicted molar refractivity (Wildman–Crippen MR) is 102 cm³/mol. The number of ether oxygens (including phenoxy) is 1. The molecule has 0 unspecified atom stereocenters. The Morgan fingerprint density at radius 2 is 1.67 bits per heavy atom. The first-order valence-electron chi connectivity index (χ1n) is 8.96. The Balaban J connectivity index is 1.66. The highest BCUT2D eigenvalue weighted by atomic mass is 16.5. The van der Waals surface area contributed by atoms with Gasteiger partial charge in [-0.1, -0.05) is 31.2 Å². The monoisotopic (exact) mass is 363 g/mol. The number of rotatable bonds is 7. The molecular formula is C21H21N3O3. The lowest BCUT2D eigenvalue weighted by atomic mass is 10.2. The van der Waals surface area contributed by atoms with Gasteiger partial charge in [-0.15, -0.1) is 0 Å². The molecule has 3 aromatic rings. The van der Waals surface area contributed by atoms with Gasteiger partial charge in [0.25, 0.3) is 0 Å². The van der Waals surface area contributed by atoms with Gasteiger partial charge in [-0.25, -0.2) is 4.79 Å². The Morgan fingerprint density at radius 3 is 2.26 bits per heavy atom. The second kappa shape index (κ2) is 8.37. The molecule has 2 aromatic carbocycles. The maximum atomic E-state index is 12.7. The van der Waals surface area contributed by atoms with Crippen LogP contribution in [-0.4, -0.2) is 15.1 Å². The van der Waals surface area contributed by atoms with E-state index < -0.39 is 0 Å². The number of nitrogens with zero attached hydrogens (tertiary/aromatic N) is 3. The van der Waals surface area contributed by atoms with Crippen LogP contribution in [0.3, 0.4) is 0 Å². The largest absolute Gasteiger partial charge is 0.461 e. The Kier molecular flexibility index (Phi) is 5.72. The molecule has 3 rings (SSSR count). The summed E-state index contributed by atoms with van der Waals surface area (Å²) in [5.41, 5.74) is 3.00. The average Bonchev–Trinajstić information content (AvgIpc) is 2.97. The highest BCUT2D eigenvalue weighted by Gasteiger charge is 2.13. The van der Waals surface area contributed by atoms with Crippen LogP contribution in [0.15, 0.2) is 53.3 Å². The minimum Gasteiger partial charge on any atom is -0.461 e. The third-order valence-corrected chi connectivity index (χ3v) is 4.39. The highest BCUT2D eigenvalue weighted by Crippen LogP contribution is 2.14. The third kappa shape index (κ3) is 4.09. The van der Waals surface area contributed by atoms with Crippen LogP contribution in [0.25, 0.3) is 11.0 Å². The molecule has 0 fully saturated rings. The van der Waals surface area contributed by atoms with Crippen LogP contribution in [0, 0.1) is 11.3 Å². The Labute approximate surface area is 157 Å². The smallest absolute Gasteiger partial charge is 0.329 e. The predicted octanol–water partition coefficient (Wildman–Crippen LogP) is 3.22. The van der Waals surface area contributed by atoms with Crippen LogP contribution < -0.4 is 5.69 Å². The van der Waals surface area contributed by atoms with Gasteiger partial charge in [0.1, 0.15) is 6.61 Å². The molecule has 0 bridgehead atoms.